The number of para-hydroxylation sites is 1. The highest BCUT2D eigenvalue weighted by Crippen LogP contribution is 2.34. The fraction of sp³-hybridized carbons (Fsp3) is 0.300. The number of pyridine rings is 1. The number of rotatable bonds is 10. The van der Waals surface area contributed by atoms with E-state index in [1.807, 2.05) is 60.7 Å². The van der Waals surface area contributed by atoms with Gasteiger partial charge >= 0.3 is 0 Å². The minimum absolute atomic E-state index is 0.184. The number of thiophene rings is 1. The van der Waals surface area contributed by atoms with E-state index in [0.29, 0.717) is 29.8 Å². The van der Waals surface area contributed by atoms with Crippen LogP contribution in [0.25, 0.3) is 32.4 Å². The highest BCUT2D eigenvalue weighted by molar-refractivity contribution is 7.91. The number of aliphatic hydroxyl groups is 1. The largest absolute Gasteiger partial charge is 0.490 e. The van der Waals surface area contributed by atoms with Crippen molar-refractivity contribution in [2.45, 2.75) is 23.2 Å². The monoisotopic (exact) mass is 576 g/mol. The van der Waals surface area contributed by atoms with Crippen molar-refractivity contribution >= 4 is 43.2 Å². The number of nitrogens with one attached hydrogen (secondary N) is 2. The van der Waals surface area contributed by atoms with Crippen LogP contribution in [0.15, 0.2) is 83.2 Å². The highest BCUT2D eigenvalue weighted by atomic mass is 32.2. The summed E-state index contributed by atoms with van der Waals surface area (Å²) >= 11 is 1.26. The van der Waals surface area contributed by atoms with Gasteiger partial charge in [0.15, 0.2) is 0 Å². The first-order valence-corrected chi connectivity index (χ1v) is 15.8. The second-order valence-electron chi connectivity index (χ2n) is 10.2. The van der Waals surface area contributed by atoms with Crippen molar-refractivity contribution in [3.63, 3.8) is 0 Å². The lowest BCUT2D eigenvalue weighted by Crippen LogP contribution is -2.41. The maximum Gasteiger partial charge on any atom is 0.252 e. The molecule has 10 heteroatoms. The zero-order chi connectivity index (χ0) is 27.5. The summed E-state index contributed by atoms with van der Waals surface area (Å²) in [5, 5.41) is 16.0. The second kappa shape index (κ2) is 11.7. The quantitative estimate of drug-likeness (QED) is 0.219. The third kappa shape index (κ3) is 5.63. The lowest BCUT2D eigenvalue weighted by Gasteiger charge is -2.31. The Morgan fingerprint density at radius 3 is 2.65 bits per heavy atom. The van der Waals surface area contributed by atoms with Crippen LogP contribution in [0.4, 0.5) is 0 Å². The summed E-state index contributed by atoms with van der Waals surface area (Å²) in [4.78, 5) is 8.58. The van der Waals surface area contributed by atoms with E-state index >= 15 is 0 Å². The molecule has 0 radical (unpaired) electrons. The average Bonchev–Trinajstić information content (AvgIpc) is 3.63. The number of fused-ring (bicyclic) bond motifs is 3. The summed E-state index contributed by atoms with van der Waals surface area (Å²) < 4.78 is 34.4. The van der Waals surface area contributed by atoms with Gasteiger partial charge in [-0.25, -0.2) is 8.42 Å². The Bertz CT molecular complexity index is 1690. The second-order valence-corrected chi connectivity index (χ2v) is 13.4. The van der Waals surface area contributed by atoms with Crippen LogP contribution in [0.1, 0.15) is 12.8 Å². The van der Waals surface area contributed by atoms with E-state index < -0.39 is 16.1 Å². The van der Waals surface area contributed by atoms with Gasteiger partial charge in [0.25, 0.3) is 10.0 Å². The zero-order valence-electron chi connectivity index (χ0n) is 22.0. The number of nitrogens with zero attached hydrogens (tertiary/aromatic N) is 2. The number of sulfonamides is 1. The van der Waals surface area contributed by atoms with Gasteiger partial charge in [0.1, 0.15) is 22.7 Å². The molecule has 0 amide bonds. The fourth-order valence-electron chi connectivity index (χ4n) is 5.27. The third-order valence-electron chi connectivity index (χ3n) is 7.40. The molecule has 4 heterocycles. The molecule has 2 aromatic carbocycles. The summed E-state index contributed by atoms with van der Waals surface area (Å²) in [6.45, 7) is 2.31. The molecule has 1 atom stereocenters. The minimum Gasteiger partial charge on any atom is -0.490 e. The molecule has 0 spiro atoms. The van der Waals surface area contributed by atoms with Crippen molar-refractivity contribution in [3.05, 3.63) is 79.0 Å². The van der Waals surface area contributed by atoms with Gasteiger partial charge in [-0.3, -0.25) is 4.98 Å². The van der Waals surface area contributed by atoms with Gasteiger partial charge in [0, 0.05) is 42.1 Å². The smallest absolute Gasteiger partial charge is 0.252 e. The SMILES string of the molecule is O=S(=O)(c1ccc(-c2ccccn2)s1)N1CCC(CNC[C@H](O)COc2cccc3[nH]c4ccccc4c23)CC1. The Morgan fingerprint density at radius 2 is 1.82 bits per heavy atom. The lowest BCUT2D eigenvalue weighted by atomic mass is 9.98. The molecule has 8 nitrogen and oxygen atoms in total. The molecule has 1 aliphatic heterocycles. The maximum absolute atomic E-state index is 13.2. The van der Waals surface area contributed by atoms with Gasteiger partial charge < -0.3 is 20.1 Å². The molecule has 40 heavy (non-hydrogen) atoms. The van der Waals surface area contributed by atoms with Crippen molar-refractivity contribution in [1.82, 2.24) is 19.6 Å². The topological polar surface area (TPSA) is 108 Å². The fourth-order valence-corrected chi connectivity index (χ4v) is 8.18. The van der Waals surface area contributed by atoms with Crippen LogP contribution < -0.4 is 10.1 Å². The molecule has 1 aliphatic rings. The van der Waals surface area contributed by atoms with Gasteiger partial charge in [-0.15, -0.1) is 11.3 Å². The molecular formula is C30H32N4O4S2. The minimum atomic E-state index is -3.52. The Morgan fingerprint density at radius 1 is 1.02 bits per heavy atom. The van der Waals surface area contributed by atoms with E-state index in [1.165, 1.54) is 11.3 Å². The molecule has 0 bridgehead atoms. The van der Waals surface area contributed by atoms with Crippen molar-refractivity contribution in [2.75, 3.05) is 32.8 Å². The molecule has 1 saturated heterocycles. The first kappa shape index (κ1) is 26.9. The number of piperidine rings is 1. The first-order valence-electron chi connectivity index (χ1n) is 13.5. The van der Waals surface area contributed by atoms with E-state index in [4.69, 9.17) is 4.74 Å². The van der Waals surface area contributed by atoms with Crippen LogP contribution in [0.2, 0.25) is 0 Å². The Labute approximate surface area is 237 Å². The third-order valence-corrected chi connectivity index (χ3v) is 10.9. The Kier molecular flexibility index (Phi) is 7.86. The molecule has 3 aromatic heterocycles. The molecule has 5 aromatic rings. The molecule has 208 valence electrons. The van der Waals surface area contributed by atoms with E-state index in [1.54, 1.807) is 16.6 Å². The predicted octanol–water partition coefficient (Wildman–Crippen LogP) is 4.87. The van der Waals surface area contributed by atoms with Gasteiger partial charge in [0.05, 0.1) is 16.1 Å². The Balaban J connectivity index is 0.967. The van der Waals surface area contributed by atoms with Crippen molar-refractivity contribution in [3.8, 4) is 16.3 Å². The zero-order valence-corrected chi connectivity index (χ0v) is 23.6. The van der Waals surface area contributed by atoms with Gasteiger partial charge in [-0.1, -0.05) is 30.3 Å². The molecule has 0 unspecified atom stereocenters. The molecular weight excluding hydrogens is 544 g/mol. The highest BCUT2D eigenvalue weighted by Gasteiger charge is 2.30. The van der Waals surface area contributed by atoms with Crippen molar-refractivity contribution < 1.29 is 18.3 Å². The van der Waals surface area contributed by atoms with Gasteiger partial charge in [-0.05, 0) is 67.8 Å². The van der Waals surface area contributed by atoms with Crippen LogP contribution >= 0.6 is 11.3 Å². The van der Waals surface area contributed by atoms with Crippen LogP contribution in [0.3, 0.4) is 0 Å². The van der Waals surface area contributed by atoms with Gasteiger partial charge in [0.2, 0.25) is 0 Å². The number of aromatic nitrogens is 2. The Hall–Kier alpha value is -3.28. The summed E-state index contributed by atoms with van der Waals surface area (Å²) in [6, 6.07) is 23.1. The standard InChI is InChI=1S/C30H32N4O4S2/c35-22(20-38-27-10-5-9-26-30(27)23-6-1-2-7-24(23)33-26)19-31-18-21-13-16-34(17-14-21)40(36,37)29-12-11-28(39-29)25-8-3-4-15-32-25/h1-12,15,21-22,31,33,35H,13-14,16-20H2/t22-/m0/s1. The number of aliphatic hydroxyl groups excluding tert-OH is 1. The van der Waals surface area contributed by atoms with Crippen molar-refractivity contribution in [1.29, 1.82) is 0 Å². The summed E-state index contributed by atoms with van der Waals surface area (Å²) in [6.07, 6.45) is 2.60. The first-order chi connectivity index (χ1) is 19.5. The predicted molar refractivity (Wildman–Crippen MR) is 159 cm³/mol. The number of H-pyrrole nitrogens is 1. The lowest BCUT2D eigenvalue weighted by molar-refractivity contribution is 0.105. The average molecular weight is 577 g/mol. The normalized spacial score (nSPS) is 16.0. The van der Waals surface area contributed by atoms with E-state index in [-0.39, 0.29) is 6.61 Å². The number of ether oxygens (including phenoxy) is 1. The molecule has 3 N–H and O–H groups in total. The maximum atomic E-state index is 13.2. The van der Waals surface area contributed by atoms with E-state index in [9.17, 15) is 13.5 Å². The molecule has 0 aliphatic carbocycles. The number of aromatic amines is 1. The summed E-state index contributed by atoms with van der Waals surface area (Å²) in [7, 11) is -3.52. The molecule has 0 saturated carbocycles. The van der Waals surface area contributed by atoms with Gasteiger partial charge in [-0.2, -0.15) is 4.31 Å². The van der Waals surface area contributed by atoms with E-state index in [2.05, 4.69) is 21.4 Å². The van der Waals surface area contributed by atoms with E-state index in [0.717, 1.165) is 57.5 Å². The van der Waals surface area contributed by atoms with Crippen LogP contribution in [0, 0.1) is 5.92 Å². The molecule has 1 fully saturated rings. The number of benzene rings is 2. The van der Waals surface area contributed by atoms with Crippen LogP contribution in [0.5, 0.6) is 5.75 Å². The number of hydrogen-bond acceptors (Lipinski definition) is 7. The molecule has 6 rings (SSSR count). The van der Waals surface area contributed by atoms with Crippen molar-refractivity contribution in [2.24, 2.45) is 5.92 Å². The summed E-state index contributed by atoms with van der Waals surface area (Å²) in [5.41, 5.74) is 2.84. The summed E-state index contributed by atoms with van der Waals surface area (Å²) in [5.74, 6) is 1.10. The number of hydrogen-bond donors (Lipinski definition) is 3. The van der Waals surface area contributed by atoms with Crippen LogP contribution in [-0.2, 0) is 10.0 Å². The van der Waals surface area contributed by atoms with Crippen LogP contribution in [-0.4, -0.2) is 66.7 Å².